The normalized spacial score (nSPS) is 13.8. The van der Waals surface area contributed by atoms with Gasteiger partial charge >= 0.3 is 0 Å². The van der Waals surface area contributed by atoms with Gasteiger partial charge in [0.25, 0.3) is 0 Å². The number of allylic oxidation sites excluding steroid dienone is 1. The van der Waals surface area contributed by atoms with Gasteiger partial charge in [0.15, 0.2) is 0 Å². The van der Waals surface area contributed by atoms with Crippen LogP contribution in [0.25, 0.3) is 0 Å². The van der Waals surface area contributed by atoms with Crippen LogP contribution in [0.2, 0.25) is 0 Å². The summed E-state index contributed by atoms with van der Waals surface area (Å²) in [5.41, 5.74) is 0. The molecule has 1 unspecified atom stereocenters. The van der Waals surface area contributed by atoms with Gasteiger partial charge in [-0.3, -0.25) is 9.34 Å². The van der Waals surface area contributed by atoms with E-state index >= 15 is 0 Å². The number of benzene rings is 1. The first-order valence-corrected chi connectivity index (χ1v) is 13.5. The molecule has 0 aromatic heterocycles. The Hall–Kier alpha value is -0.260. The van der Waals surface area contributed by atoms with E-state index in [2.05, 4.69) is 108 Å². The lowest BCUT2D eigenvalue weighted by Gasteiger charge is -2.50. The molecule has 0 bridgehead atoms. The third-order valence-electron chi connectivity index (χ3n) is 4.34. The maximum absolute atomic E-state index is 4.01. The Balaban J connectivity index is 3.51. The molecular formula is C22H40N2P2. The molecule has 26 heavy (non-hydrogen) atoms. The van der Waals surface area contributed by atoms with Gasteiger partial charge in [-0.15, -0.1) is 6.58 Å². The van der Waals surface area contributed by atoms with Crippen molar-refractivity contribution in [2.45, 2.75) is 86.0 Å². The summed E-state index contributed by atoms with van der Waals surface area (Å²) < 4.78 is 5.61. The van der Waals surface area contributed by atoms with Crippen molar-refractivity contribution in [3.8, 4) is 0 Å². The summed E-state index contributed by atoms with van der Waals surface area (Å²) >= 11 is 0. The molecule has 4 heteroatoms. The fourth-order valence-electron chi connectivity index (χ4n) is 3.52. The van der Waals surface area contributed by atoms with Crippen LogP contribution in [0.5, 0.6) is 0 Å². The largest absolute Gasteiger partial charge is 0.261 e. The van der Waals surface area contributed by atoms with Gasteiger partial charge in [-0.1, -0.05) is 36.4 Å². The van der Waals surface area contributed by atoms with E-state index in [9.17, 15) is 0 Å². The minimum Gasteiger partial charge on any atom is -0.261 e. The summed E-state index contributed by atoms with van der Waals surface area (Å²) in [5, 5.41) is 1.54. The molecule has 1 atom stereocenters. The second kappa shape index (κ2) is 11.6. The van der Waals surface area contributed by atoms with Gasteiger partial charge in [-0.2, -0.15) is 0 Å². The monoisotopic (exact) mass is 394 g/mol. The molecule has 0 saturated carbocycles. The summed E-state index contributed by atoms with van der Waals surface area (Å²) in [5.74, 6) is 0. The molecule has 2 nitrogen and oxygen atoms in total. The van der Waals surface area contributed by atoms with Crippen LogP contribution < -0.4 is 5.30 Å². The topological polar surface area (TPSA) is 6.48 Å². The Morgan fingerprint density at radius 2 is 1.23 bits per heavy atom. The van der Waals surface area contributed by atoms with Gasteiger partial charge in [-0.25, -0.2) is 0 Å². The molecule has 0 fully saturated rings. The third-order valence-corrected chi connectivity index (χ3v) is 12.9. The molecule has 148 valence electrons. The third kappa shape index (κ3) is 6.42. The van der Waals surface area contributed by atoms with Crippen molar-refractivity contribution < 1.29 is 0 Å². The lowest BCUT2D eigenvalue weighted by atomic mass is 10.3. The quantitative estimate of drug-likeness (QED) is 0.300. The summed E-state index contributed by atoms with van der Waals surface area (Å²) in [6, 6.07) is 13.4. The van der Waals surface area contributed by atoms with Gasteiger partial charge in [-0.05, 0) is 80.9 Å². The van der Waals surface area contributed by atoms with Crippen LogP contribution in [-0.4, -0.2) is 39.7 Å². The fraction of sp³-hybridized carbons (Fsp3) is 0.636. The standard InChI is InChI=1S/C22H40N2P2/c1-10-11-17-25(22-15-13-12-14-16-22)26(23(18(2)3)19(4)5)24(20(6)7)21(8)9/h10,12-16,18-21H,1,11,17H2,2-9H3. The fourth-order valence-corrected chi connectivity index (χ4v) is 13.4. The second-order valence-electron chi connectivity index (χ2n) is 7.94. The van der Waals surface area contributed by atoms with E-state index < -0.39 is 7.91 Å². The zero-order valence-corrected chi connectivity index (χ0v) is 20.0. The van der Waals surface area contributed by atoms with E-state index in [1.807, 2.05) is 0 Å². The highest BCUT2D eigenvalue weighted by Crippen LogP contribution is 2.73. The first-order chi connectivity index (χ1) is 12.2. The van der Waals surface area contributed by atoms with Crippen LogP contribution in [0.15, 0.2) is 43.0 Å². The van der Waals surface area contributed by atoms with E-state index in [-0.39, 0.29) is 7.61 Å². The Bertz CT molecular complexity index is 478. The summed E-state index contributed by atoms with van der Waals surface area (Å²) in [7, 11) is -0.701. The zero-order chi connectivity index (χ0) is 19.9. The number of rotatable bonds is 11. The second-order valence-corrected chi connectivity index (χ2v) is 13.7. The first-order valence-electron chi connectivity index (χ1n) is 10.0. The molecule has 0 radical (unpaired) electrons. The summed E-state index contributed by atoms with van der Waals surface area (Å²) in [6.45, 7) is 22.9. The molecule has 1 aromatic rings. The lowest BCUT2D eigenvalue weighted by Crippen LogP contribution is -2.42. The van der Waals surface area contributed by atoms with Crippen molar-refractivity contribution in [2.24, 2.45) is 0 Å². The molecule has 0 saturated heterocycles. The van der Waals surface area contributed by atoms with Crippen molar-refractivity contribution in [1.82, 2.24) is 9.34 Å². The molecule has 0 spiro atoms. The molecule has 0 aliphatic carbocycles. The van der Waals surface area contributed by atoms with E-state index in [1.54, 1.807) is 0 Å². The highest BCUT2D eigenvalue weighted by atomic mass is 32.1. The smallest absolute Gasteiger partial charge is 0.0704 e. The maximum atomic E-state index is 4.01. The first kappa shape index (κ1) is 23.8. The predicted octanol–water partition coefficient (Wildman–Crippen LogP) is 6.83. The lowest BCUT2D eigenvalue weighted by molar-refractivity contribution is 0.264. The van der Waals surface area contributed by atoms with Crippen molar-refractivity contribution in [3.05, 3.63) is 43.0 Å². The van der Waals surface area contributed by atoms with Crippen LogP contribution >= 0.6 is 15.5 Å². The summed E-state index contributed by atoms with van der Waals surface area (Å²) in [4.78, 5) is 0. The average molecular weight is 395 g/mol. The van der Waals surface area contributed by atoms with E-state index in [0.717, 1.165) is 6.42 Å². The number of hydrogen-bond donors (Lipinski definition) is 0. The minimum atomic E-state index is -0.413. The van der Waals surface area contributed by atoms with E-state index in [0.29, 0.717) is 24.2 Å². The van der Waals surface area contributed by atoms with E-state index in [4.69, 9.17) is 0 Å². The average Bonchev–Trinajstić information content (AvgIpc) is 2.54. The Morgan fingerprint density at radius 3 is 1.58 bits per heavy atom. The van der Waals surface area contributed by atoms with Crippen molar-refractivity contribution in [3.63, 3.8) is 0 Å². The van der Waals surface area contributed by atoms with Gasteiger partial charge in [0, 0.05) is 24.2 Å². The zero-order valence-electron chi connectivity index (χ0n) is 18.2. The molecule has 0 aliphatic heterocycles. The van der Waals surface area contributed by atoms with Crippen LogP contribution in [-0.2, 0) is 0 Å². The van der Waals surface area contributed by atoms with Gasteiger partial charge < -0.3 is 0 Å². The van der Waals surface area contributed by atoms with Gasteiger partial charge in [0.05, 0.1) is 7.91 Å². The van der Waals surface area contributed by atoms with Crippen molar-refractivity contribution >= 4 is 20.8 Å². The van der Waals surface area contributed by atoms with Crippen LogP contribution in [0.1, 0.15) is 61.8 Å². The Labute approximate surface area is 165 Å². The van der Waals surface area contributed by atoms with Crippen LogP contribution in [0, 0.1) is 0 Å². The summed E-state index contributed by atoms with van der Waals surface area (Å²) in [6.07, 6.45) is 4.41. The van der Waals surface area contributed by atoms with Crippen LogP contribution in [0.4, 0.5) is 0 Å². The van der Waals surface area contributed by atoms with E-state index in [1.165, 1.54) is 11.5 Å². The number of nitrogens with zero attached hydrogens (tertiary/aromatic N) is 2. The van der Waals surface area contributed by atoms with Crippen LogP contribution in [0.3, 0.4) is 0 Å². The minimum absolute atomic E-state index is 0.288. The molecule has 0 N–H and O–H groups in total. The highest BCUT2D eigenvalue weighted by molar-refractivity contribution is 8.31. The molecule has 0 heterocycles. The van der Waals surface area contributed by atoms with Crippen molar-refractivity contribution in [1.29, 1.82) is 0 Å². The number of hydrogen-bond acceptors (Lipinski definition) is 2. The maximum Gasteiger partial charge on any atom is 0.0704 e. The van der Waals surface area contributed by atoms with Crippen molar-refractivity contribution in [2.75, 3.05) is 6.16 Å². The Kier molecular flexibility index (Phi) is 10.6. The van der Waals surface area contributed by atoms with Gasteiger partial charge in [0.2, 0.25) is 0 Å². The molecule has 1 rings (SSSR count). The SMILES string of the molecule is C=CCCP(c1ccccc1)P(N(C(C)C)C(C)C)N(C(C)C)C(C)C. The predicted molar refractivity (Wildman–Crippen MR) is 124 cm³/mol. The molecule has 1 aromatic carbocycles. The molecular weight excluding hydrogens is 354 g/mol. The molecule has 0 aliphatic rings. The molecule has 0 amide bonds. The Morgan fingerprint density at radius 1 is 0.808 bits per heavy atom. The van der Waals surface area contributed by atoms with Gasteiger partial charge in [0.1, 0.15) is 0 Å². The highest BCUT2D eigenvalue weighted by Gasteiger charge is 2.38.